The van der Waals surface area contributed by atoms with E-state index in [0.29, 0.717) is 26.1 Å². The van der Waals surface area contributed by atoms with Gasteiger partial charge in [0.15, 0.2) is 0 Å². The highest BCUT2D eigenvalue weighted by molar-refractivity contribution is 5.89. The Morgan fingerprint density at radius 1 is 1.35 bits per heavy atom. The number of nitrogens with zero attached hydrogens (tertiary/aromatic N) is 3. The Hall–Kier alpha value is -1.86. The maximum absolute atomic E-state index is 13.1. The molecular formula is C19H30N4O3. The average molecular weight is 362 g/mol. The summed E-state index contributed by atoms with van der Waals surface area (Å²) in [7, 11) is 1.65. The molecule has 7 nitrogen and oxygen atoms in total. The Morgan fingerprint density at radius 2 is 2.04 bits per heavy atom. The molecule has 1 aromatic heterocycles. The zero-order valence-electron chi connectivity index (χ0n) is 16.2. The summed E-state index contributed by atoms with van der Waals surface area (Å²) in [6, 6.07) is 3.75. The molecule has 1 saturated heterocycles. The van der Waals surface area contributed by atoms with Crippen molar-refractivity contribution in [3.8, 4) is 5.75 Å². The molecule has 0 aromatic carbocycles. The number of carbonyl (C=O) groups is 1. The van der Waals surface area contributed by atoms with Gasteiger partial charge in [-0.3, -0.25) is 4.79 Å². The fraction of sp³-hybridized carbons (Fsp3) is 0.684. The van der Waals surface area contributed by atoms with E-state index >= 15 is 0 Å². The van der Waals surface area contributed by atoms with E-state index in [2.05, 4.69) is 9.88 Å². The van der Waals surface area contributed by atoms with Crippen molar-refractivity contribution >= 4 is 11.7 Å². The molecule has 0 radical (unpaired) electrons. The largest absolute Gasteiger partial charge is 0.497 e. The van der Waals surface area contributed by atoms with E-state index in [0.717, 1.165) is 24.7 Å². The van der Waals surface area contributed by atoms with Crippen LogP contribution in [0.4, 0.5) is 5.82 Å². The normalized spacial score (nSPS) is 27.8. The molecule has 1 amide bonds. The van der Waals surface area contributed by atoms with Crippen LogP contribution < -0.4 is 15.4 Å². The second-order valence-corrected chi connectivity index (χ2v) is 7.67. The first-order chi connectivity index (χ1) is 12.3. The molecule has 2 N–H and O–H groups in total. The minimum Gasteiger partial charge on any atom is -0.497 e. The van der Waals surface area contributed by atoms with Gasteiger partial charge in [-0.05, 0) is 13.0 Å². The quantitative estimate of drug-likeness (QED) is 0.850. The summed E-state index contributed by atoms with van der Waals surface area (Å²) in [6.45, 7) is 9.44. The van der Waals surface area contributed by atoms with Crippen molar-refractivity contribution in [2.45, 2.75) is 38.8 Å². The molecule has 1 aliphatic carbocycles. The molecule has 3 rings (SSSR count). The Labute approximate surface area is 155 Å². The summed E-state index contributed by atoms with van der Waals surface area (Å²) in [4.78, 5) is 21.6. The SMILES string of the molecule is CCOC1CC(N)(C(=O)N2CCN(c3cc(OC)ccn3)CC2)C1(C)C. The Bertz CT molecular complexity index is 658. The first kappa shape index (κ1) is 18.9. The number of nitrogens with two attached hydrogens (primary N) is 1. The lowest BCUT2D eigenvalue weighted by atomic mass is 9.54. The van der Waals surface area contributed by atoms with Gasteiger partial charge in [-0.1, -0.05) is 13.8 Å². The smallest absolute Gasteiger partial charge is 0.243 e. The van der Waals surface area contributed by atoms with Crippen LogP contribution in [0, 0.1) is 5.41 Å². The third-order valence-corrected chi connectivity index (χ3v) is 6.06. The molecule has 2 fully saturated rings. The number of methoxy groups -OCH3 is 1. The van der Waals surface area contributed by atoms with Crippen LogP contribution in [0.5, 0.6) is 5.75 Å². The molecule has 2 aliphatic rings. The number of aromatic nitrogens is 1. The van der Waals surface area contributed by atoms with Crippen LogP contribution in [0.15, 0.2) is 18.3 Å². The molecule has 0 bridgehead atoms. The van der Waals surface area contributed by atoms with E-state index < -0.39 is 5.54 Å². The third-order valence-electron chi connectivity index (χ3n) is 6.06. The van der Waals surface area contributed by atoms with E-state index in [9.17, 15) is 4.79 Å². The fourth-order valence-corrected chi connectivity index (χ4v) is 3.92. The van der Waals surface area contributed by atoms with Crippen LogP contribution in [0.3, 0.4) is 0 Å². The van der Waals surface area contributed by atoms with E-state index in [1.165, 1.54) is 0 Å². The number of hydrogen-bond donors (Lipinski definition) is 1. The van der Waals surface area contributed by atoms with Gasteiger partial charge in [0.1, 0.15) is 17.1 Å². The number of amides is 1. The van der Waals surface area contributed by atoms with Crippen molar-refractivity contribution in [3.05, 3.63) is 18.3 Å². The maximum atomic E-state index is 13.1. The number of piperazine rings is 1. The predicted molar refractivity (Wildman–Crippen MR) is 100 cm³/mol. The number of hydrogen-bond acceptors (Lipinski definition) is 6. The highest BCUT2D eigenvalue weighted by Gasteiger charge is 2.63. The van der Waals surface area contributed by atoms with Crippen LogP contribution in [0.1, 0.15) is 27.2 Å². The van der Waals surface area contributed by atoms with Gasteiger partial charge in [-0.2, -0.15) is 0 Å². The van der Waals surface area contributed by atoms with Gasteiger partial charge in [-0.15, -0.1) is 0 Å². The first-order valence-electron chi connectivity index (χ1n) is 9.28. The summed E-state index contributed by atoms with van der Waals surface area (Å²) in [6.07, 6.45) is 2.37. The Kier molecular flexibility index (Phi) is 5.12. The van der Waals surface area contributed by atoms with Gasteiger partial charge in [0.05, 0.1) is 13.2 Å². The maximum Gasteiger partial charge on any atom is 0.243 e. The summed E-state index contributed by atoms with van der Waals surface area (Å²) in [5.74, 6) is 1.70. The average Bonchev–Trinajstić information content (AvgIpc) is 2.67. The van der Waals surface area contributed by atoms with Crippen molar-refractivity contribution < 1.29 is 14.3 Å². The van der Waals surface area contributed by atoms with E-state index in [4.69, 9.17) is 15.2 Å². The molecule has 7 heteroatoms. The standard InChI is InChI=1S/C19H30N4O3/c1-5-26-15-13-19(20,18(15,2)3)17(24)23-10-8-22(9-11-23)16-12-14(25-4)6-7-21-16/h6-7,12,15H,5,8-11,13,20H2,1-4H3. The number of carbonyl (C=O) groups excluding carboxylic acids is 1. The number of ether oxygens (including phenoxy) is 2. The van der Waals surface area contributed by atoms with E-state index in [1.807, 2.05) is 37.8 Å². The van der Waals surface area contributed by atoms with Gasteiger partial charge in [0, 0.05) is 56.9 Å². The van der Waals surface area contributed by atoms with Gasteiger partial charge in [-0.25, -0.2) is 4.98 Å². The molecule has 1 aromatic rings. The molecule has 26 heavy (non-hydrogen) atoms. The van der Waals surface area contributed by atoms with Gasteiger partial charge >= 0.3 is 0 Å². The first-order valence-corrected chi connectivity index (χ1v) is 9.28. The van der Waals surface area contributed by atoms with E-state index in [-0.39, 0.29) is 17.4 Å². The minimum absolute atomic E-state index is 0.0386. The van der Waals surface area contributed by atoms with Crippen LogP contribution >= 0.6 is 0 Å². The molecule has 2 heterocycles. The van der Waals surface area contributed by atoms with Crippen LogP contribution in [-0.2, 0) is 9.53 Å². The summed E-state index contributed by atoms with van der Waals surface area (Å²) >= 11 is 0. The summed E-state index contributed by atoms with van der Waals surface area (Å²) < 4.78 is 11.0. The number of anilines is 1. The summed E-state index contributed by atoms with van der Waals surface area (Å²) in [5.41, 5.74) is 5.35. The monoisotopic (exact) mass is 362 g/mol. The molecular weight excluding hydrogens is 332 g/mol. The second kappa shape index (κ2) is 7.04. The highest BCUT2D eigenvalue weighted by atomic mass is 16.5. The molecule has 1 aliphatic heterocycles. The van der Waals surface area contributed by atoms with Crippen molar-refractivity contribution in [1.29, 1.82) is 0 Å². The number of rotatable bonds is 5. The van der Waals surface area contributed by atoms with Crippen molar-refractivity contribution in [3.63, 3.8) is 0 Å². The van der Waals surface area contributed by atoms with Crippen LogP contribution in [-0.4, -0.2) is 67.3 Å². The van der Waals surface area contributed by atoms with Gasteiger partial charge < -0.3 is 25.0 Å². The Morgan fingerprint density at radius 3 is 2.62 bits per heavy atom. The zero-order valence-corrected chi connectivity index (χ0v) is 16.2. The van der Waals surface area contributed by atoms with Crippen molar-refractivity contribution in [2.75, 3.05) is 44.8 Å². The number of pyridine rings is 1. The summed E-state index contributed by atoms with van der Waals surface area (Å²) in [5, 5.41) is 0. The van der Waals surface area contributed by atoms with Crippen molar-refractivity contribution in [2.24, 2.45) is 11.1 Å². The third kappa shape index (κ3) is 3.03. The molecule has 2 atom stereocenters. The minimum atomic E-state index is -0.844. The zero-order chi connectivity index (χ0) is 18.9. The second-order valence-electron chi connectivity index (χ2n) is 7.67. The predicted octanol–water partition coefficient (Wildman–Crippen LogP) is 1.27. The fourth-order valence-electron chi connectivity index (χ4n) is 3.92. The Balaban J connectivity index is 1.62. The lowest BCUT2D eigenvalue weighted by Gasteiger charge is -2.59. The van der Waals surface area contributed by atoms with Gasteiger partial charge in [0.2, 0.25) is 5.91 Å². The highest BCUT2D eigenvalue weighted by Crippen LogP contribution is 2.50. The topological polar surface area (TPSA) is 80.9 Å². The van der Waals surface area contributed by atoms with Crippen LogP contribution in [0.2, 0.25) is 0 Å². The van der Waals surface area contributed by atoms with Crippen LogP contribution in [0.25, 0.3) is 0 Å². The molecule has 2 unspecified atom stereocenters. The van der Waals surface area contributed by atoms with Gasteiger partial charge in [0.25, 0.3) is 0 Å². The molecule has 0 spiro atoms. The molecule has 144 valence electrons. The molecule has 1 saturated carbocycles. The lowest BCUT2D eigenvalue weighted by molar-refractivity contribution is -0.179. The van der Waals surface area contributed by atoms with E-state index in [1.54, 1.807) is 13.3 Å². The van der Waals surface area contributed by atoms with Crippen molar-refractivity contribution in [1.82, 2.24) is 9.88 Å². The lowest BCUT2D eigenvalue weighted by Crippen LogP contribution is -2.76.